The lowest BCUT2D eigenvalue weighted by molar-refractivity contribution is -0.157. The average molecular weight is 413 g/mol. The smallest absolute Gasteiger partial charge is 0.302 e. The van der Waals surface area contributed by atoms with Crippen molar-refractivity contribution in [1.29, 1.82) is 0 Å². The van der Waals surface area contributed by atoms with Gasteiger partial charge in [-0.3, -0.25) is 14.5 Å². The van der Waals surface area contributed by atoms with E-state index in [0.29, 0.717) is 28.7 Å². The van der Waals surface area contributed by atoms with E-state index in [-0.39, 0.29) is 41.7 Å². The summed E-state index contributed by atoms with van der Waals surface area (Å²) in [4.78, 5) is 27.8. The maximum atomic E-state index is 12.7. The van der Waals surface area contributed by atoms with Crippen LogP contribution in [0.25, 0.3) is 0 Å². The highest BCUT2D eigenvalue weighted by Gasteiger charge is 2.46. The first-order valence-corrected chi connectivity index (χ1v) is 9.96. The quantitative estimate of drug-likeness (QED) is 0.772. The number of hydrogen-bond donors (Lipinski definition) is 1. The van der Waals surface area contributed by atoms with Crippen LogP contribution in [0, 0.1) is 0 Å². The Kier molecular flexibility index (Phi) is 4.99. The molecule has 1 saturated carbocycles. The van der Waals surface area contributed by atoms with E-state index in [4.69, 9.17) is 27.9 Å². The van der Waals surface area contributed by atoms with Crippen molar-refractivity contribution >= 4 is 35.1 Å². The number of nitrogens with zero attached hydrogens (tertiary/aromatic N) is 2. The molecular weight excluding hydrogens is 391 g/mol. The van der Waals surface area contributed by atoms with Gasteiger partial charge < -0.3 is 14.7 Å². The lowest BCUT2D eigenvalue weighted by atomic mass is 9.86. The number of ether oxygens (including phenoxy) is 1. The normalized spacial score (nSPS) is 30.8. The first-order valence-electron chi connectivity index (χ1n) is 9.21. The third-order valence-electron chi connectivity index (χ3n) is 5.96. The van der Waals surface area contributed by atoms with Gasteiger partial charge >= 0.3 is 5.97 Å². The zero-order valence-electron chi connectivity index (χ0n) is 15.0. The molecule has 146 valence electrons. The fourth-order valence-corrected chi connectivity index (χ4v) is 5.07. The minimum atomic E-state index is -0.254. The van der Waals surface area contributed by atoms with E-state index in [1.165, 1.54) is 6.92 Å². The minimum Gasteiger partial charge on any atom is -0.508 e. The van der Waals surface area contributed by atoms with Gasteiger partial charge in [0.25, 0.3) is 0 Å². The number of carbonyl (C=O) groups is 2. The third-order valence-corrected chi connectivity index (χ3v) is 6.77. The highest BCUT2D eigenvalue weighted by Crippen LogP contribution is 2.44. The van der Waals surface area contributed by atoms with Crippen LogP contribution in [-0.2, 0) is 14.3 Å². The van der Waals surface area contributed by atoms with Gasteiger partial charge in [0.15, 0.2) is 0 Å². The second kappa shape index (κ2) is 7.15. The van der Waals surface area contributed by atoms with Crippen LogP contribution < -0.4 is 0 Å². The monoisotopic (exact) mass is 412 g/mol. The van der Waals surface area contributed by atoms with Crippen molar-refractivity contribution in [3.05, 3.63) is 27.7 Å². The highest BCUT2D eigenvalue weighted by molar-refractivity contribution is 6.42. The van der Waals surface area contributed by atoms with Crippen LogP contribution in [0.2, 0.25) is 10.0 Å². The van der Waals surface area contributed by atoms with Crippen molar-refractivity contribution in [3.8, 4) is 5.75 Å². The Morgan fingerprint density at radius 3 is 2.63 bits per heavy atom. The number of halogens is 2. The first kappa shape index (κ1) is 18.8. The average Bonchev–Trinajstić information content (AvgIpc) is 2.98. The van der Waals surface area contributed by atoms with Gasteiger partial charge in [0.05, 0.1) is 16.6 Å². The van der Waals surface area contributed by atoms with Crippen LogP contribution in [0.3, 0.4) is 0 Å². The Balaban J connectivity index is 1.44. The molecule has 1 amide bonds. The van der Waals surface area contributed by atoms with Crippen LogP contribution in [0.1, 0.15) is 37.7 Å². The van der Waals surface area contributed by atoms with Gasteiger partial charge in [-0.05, 0) is 18.6 Å². The standard InChI is InChI=1S/C19H22Cl2N2O4/c1-10(24)27-14-5-12(6-14)22-8-13-4-11(7-23(13)17(26)9-22)18-16(25)3-2-15(20)19(18)21/h2-3,11-14,25H,4-9H2,1H3/t11?,12?,13-,14?/m0/s1. The van der Waals surface area contributed by atoms with E-state index in [1.54, 1.807) is 12.1 Å². The number of aromatic hydroxyl groups is 1. The van der Waals surface area contributed by atoms with Crippen LogP contribution in [0.4, 0.5) is 0 Å². The van der Waals surface area contributed by atoms with E-state index < -0.39 is 0 Å². The summed E-state index contributed by atoms with van der Waals surface area (Å²) in [6, 6.07) is 3.51. The van der Waals surface area contributed by atoms with Crippen molar-refractivity contribution in [2.75, 3.05) is 19.6 Å². The maximum absolute atomic E-state index is 12.7. The SMILES string of the molecule is CC(=O)OC1CC(N2CC(=O)N3CC(c4c(O)ccc(Cl)c4Cl)C[C@H]3C2)C1. The summed E-state index contributed by atoms with van der Waals surface area (Å²) < 4.78 is 5.22. The molecule has 2 aliphatic heterocycles. The van der Waals surface area contributed by atoms with E-state index in [0.717, 1.165) is 25.8 Å². The number of amides is 1. The van der Waals surface area contributed by atoms with Crippen molar-refractivity contribution in [2.24, 2.45) is 0 Å². The summed E-state index contributed by atoms with van der Waals surface area (Å²) in [5, 5.41) is 11.0. The second-order valence-electron chi connectivity index (χ2n) is 7.71. The van der Waals surface area contributed by atoms with Crippen LogP contribution in [0.15, 0.2) is 12.1 Å². The predicted octanol–water partition coefficient (Wildman–Crippen LogP) is 2.79. The fraction of sp³-hybridized carbons (Fsp3) is 0.579. The molecule has 0 bridgehead atoms. The maximum Gasteiger partial charge on any atom is 0.302 e. The molecule has 2 saturated heterocycles. The van der Waals surface area contributed by atoms with E-state index in [9.17, 15) is 14.7 Å². The Morgan fingerprint density at radius 2 is 1.93 bits per heavy atom. The number of phenolic OH excluding ortho intramolecular Hbond substituents is 1. The summed E-state index contributed by atoms with van der Waals surface area (Å²) in [6.07, 6.45) is 2.28. The first-order chi connectivity index (χ1) is 12.8. The molecule has 1 aromatic carbocycles. The molecule has 0 aromatic heterocycles. The van der Waals surface area contributed by atoms with Gasteiger partial charge in [0.1, 0.15) is 11.9 Å². The summed E-state index contributed by atoms with van der Waals surface area (Å²) in [5.41, 5.74) is 0.636. The lowest BCUT2D eigenvalue weighted by Crippen LogP contribution is -2.60. The number of carbonyl (C=O) groups excluding carboxylic acids is 2. The zero-order valence-corrected chi connectivity index (χ0v) is 16.5. The Morgan fingerprint density at radius 1 is 1.19 bits per heavy atom. The predicted molar refractivity (Wildman–Crippen MR) is 101 cm³/mol. The van der Waals surface area contributed by atoms with Crippen molar-refractivity contribution in [1.82, 2.24) is 9.80 Å². The van der Waals surface area contributed by atoms with Gasteiger partial charge in [-0.25, -0.2) is 0 Å². The number of phenols is 1. The molecule has 2 atom stereocenters. The molecule has 1 N–H and O–H groups in total. The molecule has 8 heteroatoms. The summed E-state index contributed by atoms with van der Waals surface area (Å²) in [6.45, 7) is 3.14. The zero-order chi connectivity index (χ0) is 19.3. The Labute approximate surface area is 168 Å². The number of fused-ring (bicyclic) bond motifs is 1. The molecule has 6 nitrogen and oxygen atoms in total. The molecule has 1 aromatic rings. The van der Waals surface area contributed by atoms with Crippen LogP contribution >= 0.6 is 23.2 Å². The molecule has 0 radical (unpaired) electrons. The van der Waals surface area contributed by atoms with Crippen molar-refractivity contribution in [2.45, 2.75) is 50.3 Å². The number of piperazine rings is 1. The van der Waals surface area contributed by atoms with Crippen molar-refractivity contribution < 1.29 is 19.4 Å². The minimum absolute atomic E-state index is 0.0275. The molecule has 3 aliphatic rings. The summed E-state index contributed by atoms with van der Waals surface area (Å²) >= 11 is 12.5. The molecule has 4 rings (SSSR count). The largest absolute Gasteiger partial charge is 0.508 e. The van der Waals surface area contributed by atoms with Crippen LogP contribution in [0.5, 0.6) is 5.75 Å². The number of benzene rings is 1. The van der Waals surface area contributed by atoms with Crippen molar-refractivity contribution in [3.63, 3.8) is 0 Å². The third kappa shape index (κ3) is 3.50. The number of esters is 1. The Hall–Kier alpha value is -1.50. The topological polar surface area (TPSA) is 70.1 Å². The Bertz CT molecular complexity index is 781. The molecule has 2 heterocycles. The fourth-order valence-electron chi connectivity index (χ4n) is 4.59. The number of hydrogen-bond acceptors (Lipinski definition) is 5. The molecule has 27 heavy (non-hydrogen) atoms. The molecule has 3 fully saturated rings. The molecule has 1 aliphatic carbocycles. The van der Waals surface area contributed by atoms with Gasteiger partial charge in [-0.15, -0.1) is 0 Å². The molecule has 1 unspecified atom stereocenters. The summed E-state index contributed by atoms with van der Waals surface area (Å²) in [5.74, 6) is -0.0550. The number of rotatable bonds is 3. The van der Waals surface area contributed by atoms with E-state index >= 15 is 0 Å². The van der Waals surface area contributed by atoms with Gasteiger partial charge in [0.2, 0.25) is 5.91 Å². The molecular formula is C19H22Cl2N2O4. The van der Waals surface area contributed by atoms with Gasteiger partial charge in [-0.2, -0.15) is 0 Å². The van der Waals surface area contributed by atoms with Gasteiger partial charge in [0, 0.05) is 56.4 Å². The van der Waals surface area contributed by atoms with E-state index in [2.05, 4.69) is 4.90 Å². The second-order valence-corrected chi connectivity index (χ2v) is 8.50. The lowest BCUT2D eigenvalue weighted by Gasteiger charge is -2.46. The van der Waals surface area contributed by atoms with E-state index in [1.807, 2.05) is 4.90 Å². The summed E-state index contributed by atoms with van der Waals surface area (Å²) in [7, 11) is 0. The highest BCUT2D eigenvalue weighted by atomic mass is 35.5. The molecule has 0 spiro atoms. The van der Waals surface area contributed by atoms with Crippen LogP contribution in [-0.4, -0.2) is 64.6 Å². The van der Waals surface area contributed by atoms with Gasteiger partial charge in [-0.1, -0.05) is 23.2 Å².